The van der Waals surface area contributed by atoms with E-state index < -0.39 is 0 Å². The Morgan fingerprint density at radius 2 is 2.38 bits per heavy atom. The molecule has 2 aromatic heterocycles. The Morgan fingerprint density at radius 1 is 1.54 bits per heavy atom. The van der Waals surface area contributed by atoms with E-state index >= 15 is 0 Å². The average molecular weight is 193 g/mol. The maximum Gasteiger partial charge on any atom is 0.0576 e. The third-order valence-electron chi connectivity index (χ3n) is 1.96. The van der Waals surface area contributed by atoms with E-state index in [1.165, 1.54) is 15.3 Å². The van der Waals surface area contributed by atoms with Crippen LogP contribution in [0.1, 0.15) is 10.6 Å². The maximum absolute atomic E-state index is 5.54. The van der Waals surface area contributed by atoms with Crippen LogP contribution in [0.5, 0.6) is 0 Å². The Labute approximate surface area is 80.6 Å². The van der Waals surface area contributed by atoms with Crippen LogP contribution in [-0.4, -0.2) is 10.2 Å². The quantitative estimate of drug-likeness (QED) is 0.765. The van der Waals surface area contributed by atoms with Crippen molar-refractivity contribution in [3.8, 4) is 10.4 Å². The van der Waals surface area contributed by atoms with Gasteiger partial charge < -0.3 is 5.73 Å². The fraction of sp³-hybridized carbons (Fsp3) is 0.222. The molecule has 0 aromatic carbocycles. The number of nitrogens with zero attached hydrogens (tertiary/aromatic N) is 1. The van der Waals surface area contributed by atoms with Crippen molar-refractivity contribution in [1.29, 1.82) is 0 Å². The van der Waals surface area contributed by atoms with Crippen LogP contribution in [-0.2, 0) is 6.54 Å². The SMILES string of the molecule is Cc1[nH]ncc1-c1ccc(CN)s1. The Hall–Kier alpha value is -1.13. The van der Waals surface area contributed by atoms with Crippen LogP contribution in [0.25, 0.3) is 10.4 Å². The Balaban J connectivity index is 2.41. The normalized spacial score (nSPS) is 10.6. The van der Waals surface area contributed by atoms with E-state index in [9.17, 15) is 0 Å². The number of hydrogen-bond acceptors (Lipinski definition) is 3. The molecule has 4 heteroatoms. The molecule has 0 atom stereocenters. The number of aromatic amines is 1. The maximum atomic E-state index is 5.54. The largest absolute Gasteiger partial charge is 0.326 e. The van der Waals surface area contributed by atoms with Gasteiger partial charge >= 0.3 is 0 Å². The van der Waals surface area contributed by atoms with E-state index in [2.05, 4.69) is 22.3 Å². The molecule has 68 valence electrons. The minimum atomic E-state index is 0.613. The number of hydrogen-bond donors (Lipinski definition) is 2. The van der Waals surface area contributed by atoms with E-state index in [1.54, 1.807) is 11.3 Å². The topological polar surface area (TPSA) is 54.7 Å². The van der Waals surface area contributed by atoms with Gasteiger partial charge in [-0.3, -0.25) is 5.10 Å². The molecule has 0 aliphatic rings. The van der Waals surface area contributed by atoms with Gasteiger partial charge in [0.25, 0.3) is 0 Å². The molecule has 0 aliphatic heterocycles. The van der Waals surface area contributed by atoms with Crippen molar-refractivity contribution < 1.29 is 0 Å². The van der Waals surface area contributed by atoms with E-state index in [-0.39, 0.29) is 0 Å². The minimum Gasteiger partial charge on any atom is -0.326 e. The summed E-state index contributed by atoms with van der Waals surface area (Å²) in [4.78, 5) is 2.43. The first-order valence-corrected chi connectivity index (χ1v) is 4.92. The van der Waals surface area contributed by atoms with E-state index in [1.807, 2.05) is 13.1 Å². The molecule has 3 N–H and O–H groups in total. The van der Waals surface area contributed by atoms with E-state index in [0.717, 1.165) is 5.69 Å². The second-order valence-corrected chi connectivity index (χ2v) is 4.05. The predicted octanol–water partition coefficient (Wildman–Crippen LogP) is 1.91. The lowest BCUT2D eigenvalue weighted by molar-refractivity contribution is 1.05. The van der Waals surface area contributed by atoms with Gasteiger partial charge in [-0.05, 0) is 19.1 Å². The lowest BCUT2D eigenvalue weighted by atomic mass is 10.2. The number of nitrogens with two attached hydrogens (primary N) is 1. The number of H-pyrrole nitrogens is 1. The fourth-order valence-corrected chi connectivity index (χ4v) is 2.19. The molecule has 0 radical (unpaired) electrons. The summed E-state index contributed by atoms with van der Waals surface area (Å²) in [7, 11) is 0. The van der Waals surface area contributed by atoms with Gasteiger partial charge in [-0.1, -0.05) is 0 Å². The Morgan fingerprint density at radius 3 is 2.92 bits per heavy atom. The van der Waals surface area contributed by atoms with Crippen LogP contribution in [0.4, 0.5) is 0 Å². The van der Waals surface area contributed by atoms with Gasteiger partial charge in [0.05, 0.1) is 6.20 Å². The fourth-order valence-electron chi connectivity index (χ4n) is 1.23. The van der Waals surface area contributed by atoms with Gasteiger partial charge in [0, 0.05) is 27.6 Å². The summed E-state index contributed by atoms with van der Waals surface area (Å²) in [6, 6.07) is 4.15. The highest BCUT2D eigenvalue weighted by Crippen LogP contribution is 2.28. The molecule has 2 rings (SSSR count). The zero-order valence-electron chi connectivity index (χ0n) is 7.37. The van der Waals surface area contributed by atoms with Crippen LogP contribution in [0.3, 0.4) is 0 Å². The summed E-state index contributed by atoms with van der Waals surface area (Å²) in [5.41, 5.74) is 7.81. The number of thiophene rings is 1. The summed E-state index contributed by atoms with van der Waals surface area (Å²) in [6.45, 7) is 2.63. The lowest BCUT2D eigenvalue weighted by Gasteiger charge is -1.91. The molecule has 0 aliphatic carbocycles. The smallest absolute Gasteiger partial charge is 0.0576 e. The average Bonchev–Trinajstić information content (AvgIpc) is 2.71. The minimum absolute atomic E-state index is 0.613. The number of rotatable bonds is 2. The Bertz CT molecular complexity index is 402. The van der Waals surface area contributed by atoms with Crippen molar-refractivity contribution in [3.05, 3.63) is 28.9 Å². The molecule has 0 bridgehead atoms. The monoisotopic (exact) mass is 193 g/mol. The molecule has 0 saturated heterocycles. The molecule has 13 heavy (non-hydrogen) atoms. The second-order valence-electron chi connectivity index (χ2n) is 2.88. The lowest BCUT2D eigenvalue weighted by Crippen LogP contribution is -1.90. The van der Waals surface area contributed by atoms with Crippen LogP contribution in [0.2, 0.25) is 0 Å². The summed E-state index contributed by atoms with van der Waals surface area (Å²) < 4.78 is 0. The van der Waals surface area contributed by atoms with Crippen molar-refractivity contribution in [1.82, 2.24) is 10.2 Å². The van der Waals surface area contributed by atoms with Crippen molar-refractivity contribution in [2.75, 3.05) is 0 Å². The summed E-state index contributed by atoms with van der Waals surface area (Å²) >= 11 is 1.72. The van der Waals surface area contributed by atoms with Crippen molar-refractivity contribution in [2.24, 2.45) is 5.73 Å². The van der Waals surface area contributed by atoms with E-state index in [4.69, 9.17) is 5.73 Å². The van der Waals surface area contributed by atoms with Crippen molar-refractivity contribution >= 4 is 11.3 Å². The molecule has 3 nitrogen and oxygen atoms in total. The third kappa shape index (κ3) is 1.50. The van der Waals surface area contributed by atoms with Gasteiger partial charge in [-0.15, -0.1) is 11.3 Å². The summed E-state index contributed by atoms with van der Waals surface area (Å²) in [5, 5.41) is 6.90. The van der Waals surface area contributed by atoms with E-state index in [0.29, 0.717) is 6.54 Å². The summed E-state index contributed by atoms with van der Waals surface area (Å²) in [6.07, 6.45) is 1.85. The van der Waals surface area contributed by atoms with Crippen LogP contribution < -0.4 is 5.73 Å². The second kappa shape index (κ2) is 3.32. The van der Waals surface area contributed by atoms with Gasteiger partial charge in [0.1, 0.15) is 0 Å². The molecule has 0 saturated carbocycles. The zero-order valence-corrected chi connectivity index (χ0v) is 8.19. The molecular formula is C9H11N3S. The first-order chi connectivity index (χ1) is 6.31. The molecule has 0 fully saturated rings. The van der Waals surface area contributed by atoms with Crippen LogP contribution in [0, 0.1) is 6.92 Å². The van der Waals surface area contributed by atoms with Gasteiger partial charge in [-0.2, -0.15) is 5.10 Å². The first kappa shape index (κ1) is 8.47. The highest BCUT2D eigenvalue weighted by molar-refractivity contribution is 7.15. The molecule has 2 aromatic rings. The molecule has 0 amide bonds. The van der Waals surface area contributed by atoms with Crippen molar-refractivity contribution in [2.45, 2.75) is 13.5 Å². The molecule has 0 spiro atoms. The number of aryl methyl sites for hydroxylation is 1. The highest BCUT2D eigenvalue weighted by Gasteiger charge is 2.05. The Kier molecular flexibility index (Phi) is 2.16. The molecular weight excluding hydrogens is 182 g/mol. The third-order valence-corrected chi connectivity index (χ3v) is 3.10. The standard InChI is InChI=1S/C9H11N3S/c1-6-8(5-11-12-6)9-3-2-7(4-10)13-9/h2-3,5H,4,10H2,1H3,(H,11,12). The summed E-state index contributed by atoms with van der Waals surface area (Å²) in [5.74, 6) is 0. The van der Waals surface area contributed by atoms with Crippen LogP contribution >= 0.6 is 11.3 Å². The first-order valence-electron chi connectivity index (χ1n) is 4.10. The highest BCUT2D eigenvalue weighted by atomic mass is 32.1. The molecule has 0 unspecified atom stereocenters. The van der Waals surface area contributed by atoms with Crippen LogP contribution in [0.15, 0.2) is 18.3 Å². The number of aromatic nitrogens is 2. The zero-order chi connectivity index (χ0) is 9.26. The van der Waals surface area contributed by atoms with Gasteiger partial charge in [0.2, 0.25) is 0 Å². The van der Waals surface area contributed by atoms with Crippen molar-refractivity contribution in [3.63, 3.8) is 0 Å². The predicted molar refractivity (Wildman–Crippen MR) is 54.5 cm³/mol. The van der Waals surface area contributed by atoms with Gasteiger partial charge in [0.15, 0.2) is 0 Å². The molecule has 2 heterocycles. The number of nitrogens with one attached hydrogen (secondary N) is 1. The van der Waals surface area contributed by atoms with Gasteiger partial charge in [-0.25, -0.2) is 0 Å².